The Balaban J connectivity index is 2.20. The second-order valence-corrected chi connectivity index (χ2v) is 7.03. The van der Waals surface area contributed by atoms with Gasteiger partial charge in [0.2, 0.25) is 0 Å². The van der Waals surface area contributed by atoms with Gasteiger partial charge in [-0.25, -0.2) is 8.78 Å². The predicted octanol–water partition coefficient (Wildman–Crippen LogP) is 5.00. The number of benzene rings is 2. The molecule has 0 aliphatic rings. The lowest BCUT2D eigenvalue weighted by molar-refractivity contribution is 0.422. The van der Waals surface area contributed by atoms with Gasteiger partial charge in [0, 0.05) is 21.9 Å². The van der Waals surface area contributed by atoms with Crippen LogP contribution in [-0.4, -0.2) is 5.54 Å². The van der Waals surface area contributed by atoms with Gasteiger partial charge in [-0.15, -0.1) is 0 Å². The molecule has 0 fully saturated rings. The van der Waals surface area contributed by atoms with Gasteiger partial charge in [-0.3, -0.25) is 0 Å². The fourth-order valence-corrected chi connectivity index (χ4v) is 2.70. The monoisotopic (exact) mass is 307 g/mol. The van der Waals surface area contributed by atoms with Crippen LogP contribution in [0.1, 0.15) is 26.3 Å². The highest BCUT2D eigenvalue weighted by molar-refractivity contribution is 7.99. The van der Waals surface area contributed by atoms with Gasteiger partial charge < -0.3 is 5.32 Å². The lowest BCUT2D eigenvalue weighted by Gasteiger charge is -2.21. The van der Waals surface area contributed by atoms with Crippen LogP contribution in [0.5, 0.6) is 0 Å². The van der Waals surface area contributed by atoms with Crippen LogP contribution in [-0.2, 0) is 6.54 Å². The molecule has 4 heteroatoms. The van der Waals surface area contributed by atoms with E-state index in [0.29, 0.717) is 6.54 Å². The summed E-state index contributed by atoms with van der Waals surface area (Å²) in [6, 6.07) is 11.1. The van der Waals surface area contributed by atoms with E-state index in [4.69, 9.17) is 0 Å². The minimum Gasteiger partial charge on any atom is -0.308 e. The summed E-state index contributed by atoms with van der Waals surface area (Å²) in [5.41, 5.74) is 0.865. The smallest absolute Gasteiger partial charge is 0.123 e. The van der Waals surface area contributed by atoms with E-state index in [0.717, 1.165) is 15.4 Å². The van der Waals surface area contributed by atoms with Crippen molar-refractivity contribution in [2.75, 3.05) is 0 Å². The second kappa shape index (κ2) is 6.58. The Morgan fingerprint density at radius 2 is 1.57 bits per heavy atom. The van der Waals surface area contributed by atoms with Crippen molar-refractivity contribution in [1.29, 1.82) is 0 Å². The average molecular weight is 307 g/mol. The number of rotatable bonds is 4. The Hall–Kier alpha value is -1.39. The normalized spacial score (nSPS) is 11.7. The Morgan fingerprint density at radius 3 is 2.19 bits per heavy atom. The van der Waals surface area contributed by atoms with Crippen LogP contribution in [0.25, 0.3) is 0 Å². The molecule has 0 atom stereocenters. The van der Waals surface area contributed by atoms with Crippen molar-refractivity contribution in [2.24, 2.45) is 0 Å². The standard InChI is InChI=1S/C17H19F2NS/c1-17(2,3)20-11-12-10-14(19)6-9-16(12)21-15-7-4-13(18)5-8-15/h4-10,20H,11H2,1-3H3. The third-order valence-corrected chi connectivity index (χ3v) is 4.00. The molecule has 0 amide bonds. The molecular formula is C17H19F2NS. The highest BCUT2D eigenvalue weighted by Crippen LogP contribution is 2.31. The molecule has 112 valence electrons. The summed E-state index contributed by atoms with van der Waals surface area (Å²) in [4.78, 5) is 1.90. The molecule has 21 heavy (non-hydrogen) atoms. The lowest BCUT2D eigenvalue weighted by atomic mass is 10.1. The molecule has 0 saturated heterocycles. The van der Waals surface area contributed by atoms with Crippen LogP contribution in [0.2, 0.25) is 0 Å². The van der Waals surface area contributed by atoms with Gasteiger partial charge in [0.1, 0.15) is 11.6 Å². The maximum atomic E-state index is 13.5. The Morgan fingerprint density at radius 1 is 0.952 bits per heavy atom. The maximum Gasteiger partial charge on any atom is 0.123 e. The van der Waals surface area contributed by atoms with E-state index in [-0.39, 0.29) is 17.2 Å². The zero-order chi connectivity index (χ0) is 15.5. The Labute approximate surface area is 128 Å². The van der Waals surface area contributed by atoms with Crippen molar-refractivity contribution < 1.29 is 8.78 Å². The van der Waals surface area contributed by atoms with Gasteiger partial charge in [-0.2, -0.15) is 0 Å². The molecule has 2 aromatic rings. The van der Waals surface area contributed by atoms with E-state index in [9.17, 15) is 8.78 Å². The van der Waals surface area contributed by atoms with Crippen LogP contribution < -0.4 is 5.32 Å². The molecule has 0 saturated carbocycles. The molecule has 1 nitrogen and oxygen atoms in total. The molecule has 0 spiro atoms. The summed E-state index contributed by atoms with van der Waals surface area (Å²) >= 11 is 1.51. The fourth-order valence-electron chi connectivity index (χ4n) is 1.78. The van der Waals surface area contributed by atoms with Gasteiger partial charge in [-0.1, -0.05) is 11.8 Å². The summed E-state index contributed by atoms with van der Waals surface area (Å²) in [5, 5.41) is 3.36. The summed E-state index contributed by atoms with van der Waals surface area (Å²) in [6.45, 7) is 6.79. The fraction of sp³-hybridized carbons (Fsp3) is 0.294. The molecular weight excluding hydrogens is 288 g/mol. The minimum absolute atomic E-state index is 0.0376. The van der Waals surface area contributed by atoms with Crippen molar-refractivity contribution in [2.45, 2.75) is 42.6 Å². The van der Waals surface area contributed by atoms with Crippen LogP contribution in [0.4, 0.5) is 8.78 Å². The van der Waals surface area contributed by atoms with E-state index in [1.54, 1.807) is 24.3 Å². The van der Waals surface area contributed by atoms with Gasteiger partial charge in [0.15, 0.2) is 0 Å². The number of nitrogens with one attached hydrogen (secondary N) is 1. The molecule has 0 aliphatic carbocycles. The first kappa shape index (κ1) is 16.0. The van der Waals surface area contributed by atoms with E-state index in [1.165, 1.54) is 30.0 Å². The molecule has 0 aromatic heterocycles. The molecule has 2 rings (SSSR count). The third kappa shape index (κ3) is 5.14. The first-order valence-electron chi connectivity index (χ1n) is 6.80. The van der Waals surface area contributed by atoms with Gasteiger partial charge >= 0.3 is 0 Å². The zero-order valence-electron chi connectivity index (χ0n) is 12.4. The molecule has 0 aliphatic heterocycles. The first-order valence-corrected chi connectivity index (χ1v) is 7.62. The number of hydrogen-bond acceptors (Lipinski definition) is 2. The van der Waals surface area contributed by atoms with Crippen molar-refractivity contribution in [3.8, 4) is 0 Å². The highest BCUT2D eigenvalue weighted by atomic mass is 32.2. The van der Waals surface area contributed by atoms with Crippen molar-refractivity contribution >= 4 is 11.8 Å². The lowest BCUT2D eigenvalue weighted by Crippen LogP contribution is -2.35. The average Bonchev–Trinajstić information content (AvgIpc) is 2.40. The summed E-state index contributed by atoms with van der Waals surface area (Å²) in [5.74, 6) is -0.503. The quantitative estimate of drug-likeness (QED) is 0.852. The molecule has 0 heterocycles. The largest absolute Gasteiger partial charge is 0.308 e. The SMILES string of the molecule is CC(C)(C)NCc1cc(F)ccc1Sc1ccc(F)cc1. The second-order valence-electron chi connectivity index (χ2n) is 5.91. The van der Waals surface area contributed by atoms with Gasteiger partial charge in [0.25, 0.3) is 0 Å². The highest BCUT2D eigenvalue weighted by Gasteiger charge is 2.12. The van der Waals surface area contributed by atoms with E-state index >= 15 is 0 Å². The van der Waals surface area contributed by atoms with E-state index in [1.807, 2.05) is 0 Å². The van der Waals surface area contributed by atoms with Crippen LogP contribution >= 0.6 is 11.8 Å². The molecule has 1 N–H and O–H groups in total. The van der Waals surface area contributed by atoms with E-state index in [2.05, 4.69) is 26.1 Å². The van der Waals surface area contributed by atoms with Crippen LogP contribution in [0.3, 0.4) is 0 Å². The summed E-state index contributed by atoms with van der Waals surface area (Å²) in [7, 11) is 0. The first-order chi connectivity index (χ1) is 9.83. The third-order valence-electron chi connectivity index (χ3n) is 2.87. The van der Waals surface area contributed by atoms with Crippen molar-refractivity contribution in [1.82, 2.24) is 5.32 Å². The number of hydrogen-bond donors (Lipinski definition) is 1. The summed E-state index contributed by atoms with van der Waals surface area (Å²) in [6.07, 6.45) is 0. The molecule has 0 unspecified atom stereocenters. The summed E-state index contributed by atoms with van der Waals surface area (Å²) < 4.78 is 26.4. The molecule has 2 aromatic carbocycles. The number of halogens is 2. The maximum absolute atomic E-state index is 13.5. The van der Waals surface area contributed by atoms with Crippen molar-refractivity contribution in [3.05, 3.63) is 59.7 Å². The topological polar surface area (TPSA) is 12.0 Å². The minimum atomic E-state index is -0.256. The van der Waals surface area contributed by atoms with Crippen LogP contribution in [0.15, 0.2) is 52.3 Å². The van der Waals surface area contributed by atoms with Crippen LogP contribution in [0, 0.1) is 11.6 Å². The predicted molar refractivity (Wildman–Crippen MR) is 83.5 cm³/mol. The van der Waals surface area contributed by atoms with E-state index < -0.39 is 0 Å². The molecule has 0 bridgehead atoms. The zero-order valence-corrected chi connectivity index (χ0v) is 13.2. The Bertz CT molecular complexity index is 603. The van der Waals surface area contributed by atoms with Crippen molar-refractivity contribution in [3.63, 3.8) is 0 Å². The van der Waals surface area contributed by atoms with Gasteiger partial charge in [0.05, 0.1) is 0 Å². The Kier molecular flexibility index (Phi) is 5.01. The van der Waals surface area contributed by atoms with Gasteiger partial charge in [-0.05, 0) is 68.8 Å². The molecule has 0 radical (unpaired) electrons.